The molecule has 1 aliphatic carbocycles. The lowest BCUT2D eigenvalue weighted by molar-refractivity contribution is 0.0172. The van der Waals surface area contributed by atoms with Gasteiger partial charge in [-0.3, -0.25) is 14.4 Å². The molecule has 3 aliphatic rings. The number of hydrogen-bond donors (Lipinski definition) is 1. The van der Waals surface area contributed by atoms with Crippen LogP contribution in [0.2, 0.25) is 5.02 Å². The average Bonchev–Trinajstić information content (AvgIpc) is 3.89. The third-order valence-corrected chi connectivity index (χ3v) is 13.0. The van der Waals surface area contributed by atoms with Crippen LogP contribution in [-0.4, -0.2) is 126 Å². The number of allylic oxidation sites excluding steroid dienone is 2. The first-order chi connectivity index (χ1) is 31.0. The molecule has 65 heavy (non-hydrogen) atoms. The molecule has 2 fully saturated rings. The summed E-state index contributed by atoms with van der Waals surface area (Å²) < 4.78 is 40.3. The van der Waals surface area contributed by atoms with E-state index >= 15 is 0 Å². The van der Waals surface area contributed by atoms with E-state index in [1.54, 1.807) is 21.5 Å². The Balaban J connectivity index is 1.01. The van der Waals surface area contributed by atoms with E-state index in [1.807, 2.05) is 75.2 Å². The number of fused-ring (bicyclic) bond motifs is 1. The fourth-order valence-electron chi connectivity index (χ4n) is 8.94. The van der Waals surface area contributed by atoms with Crippen molar-refractivity contribution in [3.63, 3.8) is 0 Å². The predicted octanol–water partition coefficient (Wildman–Crippen LogP) is 8.60. The largest absolute Gasteiger partial charge is 0.445 e. The average molecular weight is 932 g/mol. The van der Waals surface area contributed by atoms with E-state index in [-0.39, 0.29) is 41.9 Å². The molecule has 2 amide bonds. The molecule has 0 unspecified atom stereocenters. The summed E-state index contributed by atoms with van der Waals surface area (Å²) in [5, 5.41) is 5.28. The van der Waals surface area contributed by atoms with Gasteiger partial charge in [-0.1, -0.05) is 54.8 Å². The van der Waals surface area contributed by atoms with E-state index in [0.717, 1.165) is 93.4 Å². The van der Waals surface area contributed by atoms with Crippen LogP contribution in [0.5, 0.6) is 0 Å². The Morgan fingerprint density at radius 3 is 2.40 bits per heavy atom. The number of halogens is 1. The summed E-state index contributed by atoms with van der Waals surface area (Å²) in [6.07, 6.45) is 9.81. The van der Waals surface area contributed by atoms with Gasteiger partial charge < -0.3 is 24.2 Å². The number of nitrogens with zero attached hydrogens (tertiary/aromatic N) is 7. The molecule has 0 bridgehead atoms. The first-order valence-corrected chi connectivity index (χ1v) is 25.1. The first kappa shape index (κ1) is 47.8. The van der Waals surface area contributed by atoms with Gasteiger partial charge in [0.05, 0.1) is 23.7 Å². The zero-order chi connectivity index (χ0) is 46.3. The van der Waals surface area contributed by atoms with E-state index in [0.29, 0.717) is 67.5 Å². The summed E-state index contributed by atoms with van der Waals surface area (Å²) in [6.45, 7) is 13.5. The summed E-state index contributed by atoms with van der Waals surface area (Å²) >= 11 is 6.25. The van der Waals surface area contributed by atoms with Crippen LogP contribution < -0.4 is 9.62 Å². The van der Waals surface area contributed by atoms with Crippen LogP contribution in [0.25, 0.3) is 11.2 Å². The van der Waals surface area contributed by atoms with Crippen molar-refractivity contribution in [2.45, 2.75) is 104 Å². The fraction of sp³-hybridized carbons (Fsp3) is 0.521. The van der Waals surface area contributed by atoms with Gasteiger partial charge in [0.2, 0.25) is 10.0 Å². The Morgan fingerprint density at radius 1 is 0.938 bits per heavy atom. The van der Waals surface area contributed by atoms with Gasteiger partial charge in [-0.2, -0.15) is 5.10 Å². The standard InChI is InChI=1S/C48H63ClN8O7S/c1-34-31-57-43(30-41(51-57)38-17-11-6-7-12-18-39(38)44(58)40-20-19-36(49)29-42(40)52-65(5,61)62)50-45(34)55-24-21-37(32-55)56(47(60)64-48(2,3)4)23-14-13-22-53-25-27-54(28-26-53)46(59)63-33-35-15-9-8-10-16-35/h8-10,15-16,19-20,29-31,37,52H,6-7,11-14,17-18,21-28,32-33H2,1-5H3/b39-38-/t37-/m0/s1. The number of unbranched alkanes of at least 4 members (excludes halogenated alkanes) is 1. The smallest absolute Gasteiger partial charge is 0.410 e. The number of carbonyl (C=O) groups excluding carboxylic acids is 3. The number of aromatic nitrogens is 3. The van der Waals surface area contributed by atoms with E-state index in [2.05, 4.69) is 14.5 Å². The summed E-state index contributed by atoms with van der Waals surface area (Å²) in [6, 6.07) is 16.2. The summed E-state index contributed by atoms with van der Waals surface area (Å²) in [5.74, 6) is 0.570. The van der Waals surface area contributed by atoms with Crippen molar-refractivity contribution >= 4 is 62.3 Å². The van der Waals surface area contributed by atoms with Crippen LogP contribution in [-0.2, 0) is 26.1 Å². The van der Waals surface area contributed by atoms with Crippen molar-refractivity contribution in [2.24, 2.45) is 0 Å². The Kier molecular flexibility index (Phi) is 15.4. The lowest BCUT2D eigenvalue weighted by Crippen LogP contribution is -2.49. The maximum absolute atomic E-state index is 14.4. The highest BCUT2D eigenvalue weighted by atomic mass is 35.5. The van der Waals surface area contributed by atoms with Crippen LogP contribution >= 0.6 is 11.6 Å². The molecule has 0 spiro atoms. The summed E-state index contributed by atoms with van der Waals surface area (Å²) in [5.41, 5.74) is 4.42. The number of aryl methyl sites for hydroxylation is 1. The molecule has 0 radical (unpaired) electrons. The number of anilines is 2. The molecular formula is C48H63ClN8O7S. The summed E-state index contributed by atoms with van der Waals surface area (Å²) in [7, 11) is -3.68. The number of Topliss-reactive ketones (excluding diaryl/α,β-unsaturated/α-hetero) is 1. The molecule has 2 aromatic heterocycles. The number of ketones is 1. The van der Waals surface area contributed by atoms with Gasteiger partial charge in [0, 0.05) is 79.8 Å². The van der Waals surface area contributed by atoms with E-state index in [4.69, 9.17) is 31.2 Å². The monoisotopic (exact) mass is 930 g/mol. The topological polar surface area (TPSA) is 159 Å². The molecule has 15 nitrogen and oxygen atoms in total. The quantitative estimate of drug-likeness (QED) is 0.0954. The minimum atomic E-state index is -3.68. The van der Waals surface area contributed by atoms with Gasteiger partial charge >= 0.3 is 12.2 Å². The lowest BCUT2D eigenvalue weighted by atomic mass is 9.87. The lowest BCUT2D eigenvalue weighted by Gasteiger charge is -2.34. The zero-order valence-corrected chi connectivity index (χ0v) is 39.9. The number of benzene rings is 2. The van der Waals surface area contributed by atoms with Crippen molar-refractivity contribution in [1.29, 1.82) is 0 Å². The normalized spacial score (nSPS) is 18.9. The van der Waals surface area contributed by atoms with Crippen LogP contribution in [0.3, 0.4) is 0 Å². The maximum atomic E-state index is 14.4. The van der Waals surface area contributed by atoms with Gasteiger partial charge in [-0.15, -0.1) is 0 Å². The zero-order valence-electron chi connectivity index (χ0n) is 38.4. The Bertz CT molecular complexity index is 2480. The molecule has 17 heteroatoms. The van der Waals surface area contributed by atoms with Crippen molar-refractivity contribution in [2.75, 3.05) is 68.2 Å². The minimum Gasteiger partial charge on any atom is -0.445 e. The van der Waals surface area contributed by atoms with Crippen LogP contribution in [0.4, 0.5) is 21.1 Å². The number of ether oxygens (including phenoxy) is 2. The van der Waals surface area contributed by atoms with Gasteiger partial charge in [-0.25, -0.2) is 27.5 Å². The number of carbonyl (C=O) groups is 3. The van der Waals surface area contributed by atoms with Crippen LogP contribution in [0.1, 0.15) is 106 Å². The number of amides is 2. The molecule has 2 saturated heterocycles. The number of rotatable bonds is 14. The molecule has 350 valence electrons. The second-order valence-electron chi connectivity index (χ2n) is 18.5. The Hall–Kier alpha value is -5.19. The van der Waals surface area contributed by atoms with Crippen molar-refractivity contribution in [3.05, 3.63) is 93.8 Å². The molecule has 1 N–H and O–H groups in total. The first-order valence-electron chi connectivity index (χ1n) is 22.9. The van der Waals surface area contributed by atoms with Crippen molar-refractivity contribution in [1.82, 2.24) is 29.3 Å². The van der Waals surface area contributed by atoms with E-state index in [9.17, 15) is 22.8 Å². The highest BCUT2D eigenvalue weighted by molar-refractivity contribution is 7.92. The third kappa shape index (κ3) is 12.8. The molecule has 4 heterocycles. The maximum Gasteiger partial charge on any atom is 0.410 e. The Labute approximate surface area is 388 Å². The fourth-order valence-corrected chi connectivity index (χ4v) is 9.68. The second-order valence-corrected chi connectivity index (χ2v) is 20.7. The van der Waals surface area contributed by atoms with Crippen LogP contribution in [0, 0.1) is 6.92 Å². The molecule has 2 aliphatic heterocycles. The van der Waals surface area contributed by atoms with Crippen molar-refractivity contribution in [3.8, 4) is 0 Å². The molecule has 7 rings (SSSR count). The third-order valence-electron chi connectivity index (χ3n) is 12.2. The van der Waals surface area contributed by atoms with Crippen LogP contribution in [0.15, 0.2) is 66.4 Å². The molecule has 1 atom stereocenters. The molecule has 4 aromatic rings. The number of nitrogens with one attached hydrogen (secondary N) is 1. The Morgan fingerprint density at radius 2 is 1.68 bits per heavy atom. The number of hydrogen-bond acceptors (Lipinski definition) is 11. The van der Waals surface area contributed by atoms with Crippen molar-refractivity contribution < 1.29 is 32.3 Å². The van der Waals surface area contributed by atoms with E-state index in [1.165, 1.54) is 6.07 Å². The molecular weight excluding hydrogens is 868 g/mol. The molecule has 2 aromatic carbocycles. The SMILES string of the molecule is Cc1cn2nc(/C3=C(\C(=O)c4ccc(Cl)cc4NS(C)(=O)=O)CCCCCC3)cc2nc1N1CC[C@H](N(CCCCN2CCN(C(=O)OCc3ccccc3)CC2)C(=O)OC(C)(C)C)C1. The highest BCUT2D eigenvalue weighted by Gasteiger charge is 2.35. The minimum absolute atomic E-state index is 0.0724. The van der Waals surface area contributed by atoms with Gasteiger partial charge in [0.15, 0.2) is 11.4 Å². The summed E-state index contributed by atoms with van der Waals surface area (Å²) in [4.78, 5) is 54.2. The van der Waals surface area contributed by atoms with Gasteiger partial charge in [0.25, 0.3) is 0 Å². The second kappa shape index (κ2) is 21.0. The predicted molar refractivity (Wildman–Crippen MR) is 254 cm³/mol. The molecule has 0 saturated carbocycles. The van der Waals surface area contributed by atoms with Gasteiger partial charge in [0.1, 0.15) is 18.0 Å². The highest BCUT2D eigenvalue weighted by Crippen LogP contribution is 2.35. The van der Waals surface area contributed by atoms with E-state index < -0.39 is 15.6 Å². The number of sulfonamides is 1. The number of piperazine rings is 1. The van der Waals surface area contributed by atoms with Gasteiger partial charge in [-0.05, 0) is 109 Å².